The minimum absolute atomic E-state index is 0.251. The van der Waals surface area contributed by atoms with Crippen LogP contribution >= 0.6 is 0 Å². The summed E-state index contributed by atoms with van der Waals surface area (Å²) in [5.41, 5.74) is 0. The first kappa shape index (κ1) is 16.8. The summed E-state index contributed by atoms with van der Waals surface area (Å²) < 4.78 is 5.81. The second-order valence-corrected chi connectivity index (χ2v) is 7.12. The van der Waals surface area contributed by atoms with Gasteiger partial charge in [-0.15, -0.1) is 0 Å². The quantitative estimate of drug-likeness (QED) is 0.847. The van der Waals surface area contributed by atoms with E-state index < -0.39 is 0 Å². The molecule has 0 radical (unpaired) electrons. The van der Waals surface area contributed by atoms with Gasteiger partial charge in [-0.1, -0.05) is 6.92 Å². The number of hydrogen-bond donors (Lipinski definition) is 1. The van der Waals surface area contributed by atoms with E-state index in [0.29, 0.717) is 6.04 Å². The van der Waals surface area contributed by atoms with E-state index in [1.54, 1.807) is 0 Å². The van der Waals surface area contributed by atoms with Gasteiger partial charge in [0.15, 0.2) is 0 Å². The van der Waals surface area contributed by atoms with Crippen molar-refractivity contribution in [3.05, 3.63) is 0 Å². The molecule has 1 aliphatic carbocycles. The normalized spacial score (nSPS) is 31.3. The Labute approximate surface area is 129 Å². The van der Waals surface area contributed by atoms with Crippen LogP contribution in [0.4, 0.5) is 0 Å². The zero-order chi connectivity index (χ0) is 15.2. The minimum Gasteiger partial charge on any atom is -0.375 e. The van der Waals surface area contributed by atoms with Crippen molar-refractivity contribution < 1.29 is 9.53 Å². The smallest absolute Gasteiger partial charge is 0.223 e. The number of amides is 1. The Bertz CT molecular complexity index is 325. The lowest BCUT2D eigenvalue weighted by atomic mass is 9.82. The summed E-state index contributed by atoms with van der Waals surface area (Å²) in [6.07, 6.45) is 5.73. The molecule has 1 amide bonds. The van der Waals surface area contributed by atoms with Crippen LogP contribution in [-0.4, -0.2) is 49.2 Å². The lowest BCUT2D eigenvalue weighted by Crippen LogP contribution is -2.46. The third kappa shape index (κ3) is 5.26. The molecule has 1 saturated carbocycles. The summed E-state index contributed by atoms with van der Waals surface area (Å²) in [5, 5.41) is 3.12. The van der Waals surface area contributed by atoms with Crippen molar-refractivity contribution in [3.63, 3.8) is 0 Å². The third-order valence-electron chi connectivity index (χ3n) is 5.05. The van der Waals surface area contributed by atoms with Crippen LogP contribution in [0, 0.1) is 11.8 Å². The van der Waals surface area contributed by atoms with Crippen molar-refractivity contribution in [2.45, 2.75) is 65.0 Å². The van der Waals surface area contributed by atoms with Gasteiger partial charge in [-0.3, -0.25) is 9.69 Å². The molecule has 1 atom stereocenters. The fraction of sp³-hybridized carbons (Fsp3) is 0.941. The SMILES string of the molecule is CC1CCC(C(=O)NCC[C@@H]2CN(C(C)C)CCO2)CC1. The van der Waals surface area contributed by atoms with Gasteiger partial charge in [0, 0.05) is 31.6 Å². The zero-order valence-electron chi connectivity index (χ0n) is 13.9. The van der Waals surface area contributed by atoms with Crippen LogP contribution in [0.3, 0.4) is 0 Å². The predicted octanol–water partition coefficient (Wildman–Crippen LogP) is 2.43. The molecule has 4 nitrogen and oxygen atoms in total. The van der Waals surface area contributed by atoms with E-state index in [1.165, 1.54) is 12.8 Å². The van der Waals surface area contributed by atoms with E-state index in [4.69, 9.17) is 4.74 Å². The highest BCUT2D eigenvalue weighted by atomic mass is 16.5. The molecule has 1 aliphatic heterocycles. The Hall–Kier alpha value is -0.610. The first-order chi connectivity index (χ1) is 10.1. The van der Waals surface area contributed by atoms with Gasteiger partial charge in [0.2, 0.25) is 5.91 Å². The Morgan fingerprint density at radius 2 is 2.00 bits per heavy atom. The largest absolute Gasteiger partial charge is 0.375 e. The molecule has 0 spiro atoms. The van der Waals surface area contributed by atoms with Crippen LogP contribution in [0.2, 0.25) is 0 Å². The van der Waals surface area contributed by atoms with Crippen molar-refractivity contribution in [3.8, 4) is 0 Å². The highest BCUT2D eigenvalue weighted by Gasteiger charge is 2.25. The number of hydrogen-bond acceptors (Lipinski definition) is 3. The van der Waals surface area contributed by atoms with Gasteiger partial charge in [-0.05, 0) is 51.9 Å². The second-order valence-electron chi connectivity index (χ2n) is 7.12. The van der Waals surface area contributed by atoms with E-state index in [2.05, 4.69) is 31.0 Å². The van der Waals surface area contributed by atoms with Crippen molar-refractivity contribution in [2.75, 3.05) is 26.2 Å². The Morgan fingerprint density at radius 3 is 2.67 bits per heavy atom. The van der Waals surface area contributed by atoms with Crippen LogP contribution in [0.1, 0.15) is 52.9 Å². The van der Waals surface area contributed by atoms with E-state index in [1.807, 2.05) is 0 Å². The number of carbonyl (C=O) groups excluding carboxylic acids is 1. The molecule has 2 fully saturated rings. The van der Waals surface area contributed by atoms with E-state index in [-0.39, 0.29) is 17.9 Å². The predicted molar refractivity (Wildman–Crippen MR) is 85.2 cm³/mol. The maximum Gasteiger partial charge on any atom is 0.223 e. The second kappa shape index (κ2) is 8.14. The lowest BCUT2D eigenvalue weighted by molar-refractivity contribution is -0.126. The molecule has 4 heteroatoms. The fourth-order valence-electron chi connectivity index (χ4n) is 3.41. The lowest BCUT2D eigenvalue weighted by Gasteiger charge is -2.35. The van der Waals surface area contributed by atoms with Gasteiger partial charge in [-0.25, -0.2) is 0 Å². The molecule has 21 heavy (non-hydrogen) atoms. The molecule has 0 aromatic rings. The standard InChI is InChI=1S/C17H32N2O2/c1-13(2)19-10-11-21-16(12-19)8-9-18-17(20)15-6-4-14(3)5-7-15/h13-16H,4-12H2,1-3H3,(H,18,20)/t14?,15?,16-/m1/s1. The van der Waals surface area contributed by atoms with Crippen molar-refractivity contribution in [1.29, 1.82) is 0 Å². The Morgan fingerprint density at radius 1 is 1.29 bits per heavy atom. The minimum atomic E-state index is 0.251. The molecule has 0 aromatic carbocycles. The average Bonchev–Trinajstić information content (AvgIpc) is 2.48. The third-order valence-corrected chi connectivity index (χ3v) is 5.05. The van der Waals surface area contributed by atoms with Crippen molar-refractivity contribution >= 4 is 5.91 Å². The van der Waals surface area contributed by atoms with Crippen molar-refractivity contribution in [1.82, 2.24) is 10.2 Å². The first-order valence-corrected chi connectivity index (χ1v) is 8.69. The van der Waals surface area contributed by atoms with Crippen LogP contribution in [-0.2, 0) is 9.53 Å². The molecule has 122 valence electrons. The topological polar surface area (TPSA) is 41.6 Å². The van der Waals surface area contributed by atoms with Crippen LogP contribution < -0.4 is 5.32 Å². The molecule has 2 rings (SSSR count). The maximum atomic E-state index is 12.2. The number of ether oxygens (including phenoxy) is 1. The number of nitrogens with one attached hydrogen (secondary N) is 1. The summed E-state index contributed by atoms with van der Waals surface area (Å²) >= 11 is 0. The average molecular weight is 296 g/mol. The maximum absolute atomic E-state index is 12.2. The fourth-order valence-corrected chi connectivity index (χ4v) is 3.41. The zero-order valence-corrected chi connectivity index (χ0v) is 13.9. The molecule has 1 saturated heterocycles. The number of nitrogens with zero attached hydrogens (tertiary/aromatic N) is 1. The Kier molecular flexibility index (Phi) is 6.49. The number of rotatable bonds is 5. The van der Waals surface area contributed by atoms with Gasteiger partial charge < -0.3 is 10.1 Å². The summed E-state index contributed by atoms with van der Waals surface area (Å²) in [5.74, 6) is 1.31. The highest BCUT2D eigenvalue weighted by molar-refractivity contribution is 5.78. The van der Waals surface area contributed by atoms with Gasteiger partial charge >= 0.3 is 0 Å². The summed E-state index contributed by atoms with van der Waals surface area (Å²) in [6.45, 7) is 10.3. The summed E-state index contributed by atoms with van der Waals surface area (Å²) in [4.78, 5) is 14.6. The summed E-state index contributed by atoms with van der Waals surface area (Å²) in [6, 6.07) is 0.579. The first-order valence-electron chi connectivity index (χ1n) is 8.69. The summed E-state index contributed by atoms with van der Waals surface area (Å²) in [7, 11) is 0. The molecule has 0 unspecified atom stereocenters. The molecular weight excluding hydrogens is 264 g/mol. The van der Waals surface area contributed by atoms with E-state index in [0.717, 1.165) is 51.4 Å². The Balaban J connectivity index is 1.63. The molecule has 1 N–H and O–H groups in total. The molecule has 0 bridgehead atoms. The van der Waals surface area contributed by atoms with Gasteiger partial charge in [0.05, 0.1) is 12.7 Å². The van der Waals surface area contributed by atoms with Crippen LogP contribution in [0.15, 0.2) is 0 Å². The van der Waals surface area contributed by atoms with Crippen LogP contribution in [0.5, 0.6) is 0 Å². The number of carbonyl (C=O) groups is 1. The molecule has 1 heterocycles. The van der Waals surface area contributed by atoms with Crippen molar-refractivity contribution in [2.24, 2.45) is 11.8 Å². The van der Waals surface area contributed by atoms with Gasteiger partial charge in [0.1, 0.15) is 0 Å². The molecular formula is C17H32N2O2. The van der Waals surface area contributed by atoms with E-state index in [9.17, 15) is 4.79 Å². The van der Waals surface area contributed by atoms with Gasteiger partial charge in [0.25, 0.3) is 0 Å². The van der Waals surface area contributed by atoms with E-state index >= 15 is 0 Å². The van der Waals surface area contributed by atoms with Crippen LogP contribution in [0.25, 0.3) is 0 Å². The number of morpholine rings is 1. The van der Waals surface area contributed by atoms with Gasteiger partial charge in [-0.2, -0.15) is 0 Å². The highest BCUT2D eigenvalue weighted by Crippen LogP contribution is 2.28. The molecule has 0 aromatic heterocycles. The monoisotopic (exact) mass is 296 g/mol. The molecule has 2 aliphatic rings.